The minimum atomic E-state index is -0.366. The molecule has 0 fully saturated rings. The maximum atomic E-state index is 12.0. The van der Waals surface area contributed by atoms with E-state index in [2.05, 4.69) is 5.10 Å². The van der Waals surface area contributed by atoms with Crippen molar-refractivity contribution in [1.29, 1.82) is 0 Å². The van der Waals surface area contributed by atoms with Crippen molar-refractivity contribution in [1.82, 2.24) is 9.61 Å². The number of carbonyl (C=O) groups is 1. The van der Waals surface area contributed by atoms with E-state index >= 15 is 0 Å². The van der Waals surface area contributed by atoms with Gasteiger partial charge in [-0.25, -0.2) is 9.31 Å². The summed E-state index contributed by atoms with van der Waals surface area (Å²) in [6.07, 6.45) is 3.35. The van der Waals surface area contributed by atoms with Crippen LogP contribution in [0.2, 0.25) is 0 Å². The van der Waals surface area contributed by atoms with Gasteiger partial charge in [0.15, 0.2) is 0 Å². The fraction of sp³-hybridized carbons (Fsp3) is 0.176. The van der Waals surface area contributed by atoms with Crippen LogP contribution in [-0.4, -0.2) is 29.3 Å². The number of hydrogen-bond donors (Lipinski definition) is 0. The molecule has 0 amide bonds. The maximum absolute atomic E-state index is 12.0. The van der Waals surface area contributed by atoms with Crippen molar-refractivity contribution in [2.45, 2.75) is 6.92 Å². The molecule has 2 heterocycles. The molecule has 0 aliphatic rings. The number of fused-ring (bicyclic) bond motifs is 1. The van der Waals surface area contributed by atoms with Crippen LogP contribution in [0.25, 0.3) is 16.6 Å². The van der Waals surface area contributed by atoms with Gasteiger partial charge in [0.2, 0.25) is 0 Å². The molecule has 0 bridgehead atoms. The lowest BCUT2D eigenvalue weighted by atomic mass is 10.0. The van der Waals surface area contributed by atoms with Crippen LogP contribution in [0.15, 0.2) is 48.8 Å². The molecule has 1 aromatic carbocycles. The van der Waals surface area contributed by atoms with E-state index in [0.29, 0.717) is 17.7 Å². The predicted molar refractivity (Wildman–Crippen MR) is 83.1 cm³/mol. The minimum Gasteiger partial charge on any atom is -0.496 e. The lowest BCUT2D eigenvalue weighted by Crippen LogP contribution is -2.04. The smallest absolute Gasteiger partial charge is 0.341 e. The number of pyridine rings is 1. The Balaban J connectivity index is 2.12. The third-order valence-corrected chi connectivity index (χ3v) is 3.43. The average molecular weight is 296 g/mol. The summed E-state index contributed by atoms with van der Waals surface area (Å²) in [6.45, 7) is 2.12. The molecule has 0 saturated carbocycles. The Kier molecular flexibility index (Phi) is 3.78. The van der Waals surface area contributed by atoms with Crippen LogP contribution in [-0.2, 0) is 4.74 Å². The van der Waals surface area contributed by atoms with E-state index in [1.165, 1.54) is 6.20 Å². The molecule has 0 unspecified atom stereocenters. The van der Waals surface area contributed by atoms with Crippen LogP contribution in [0.5, 0.6) is 5.75 Å². The van der Waals surface area contributed by atoms with Gasteiger partial charge in [-0.1, -0.05) is 18.2 Å². The molecule has 0 aliphatic heterocycles. The number of esters is 1. The van der Waals surface area contributed by atoms with Crippen LogP contribution in [0, 0.1) is 0 Å². The second-order valence-corrected chi connectivity index (χ2v) is 4.72. The topological polar surface area (TPSA) is 52.8 Å². The zero-order valence-corrected chi connectivity index (χ0v) is 12.4. The van der Waals surface area contributed by atoms with Crippen molar-refractivity contribution < 1.29 is 14.3 Å². The Morgan fingerprint density at radius 1 is 1.27 bits per heavy atom. The molecule has 0 aliphatic carbocycles. The highest BCUT2D eigenvalue weighted by molar-refractivity contribution is 5.97. The zero-order chi connectivity index (χ0) is 15.5. The van der Waals surface area contributed by atoms with Crippen molar-refractivity contribution in [3.8, 4) is 16.9 Å². The Hall–Kier alpha value is -2.82. The van der Waals surface area contributed by atoms with E-state index in [4.69, 9.17) is 9.47 Å². The normalized spacial score (nSPS) is 10.6. The predicted octanol–water partition coefficient (Wildman–Crippen LogP) is 3.19. The number of nitrogens with zero attached hydrogens (tertiary/aromatic N) is 2. The maximum Gasteiger partial charge on any atom is 0.341 e. The zero-order valence-electron chi connectivity index (χ0n) is 12.4. The molecule has 3 rings (SSSR count). The highest BCUT2D eigenvalue weighted by Gasteiger charge is 2.15. The fourth-order valence-electron chi connectivity index (χ4n) is 2.40. The molecule has 0 N–H and O–H groups in total. The molecule has 0 radical (unpaired) electrons. The molecule has 5 heteroatoms. The first-order chi connectivity index (χ1) is 10.7. The highest BCUT2D eigenvalue weighted by atomic mass is 16.5. The number of ether oxygens (including phenoxy) is 2. The second kappa shape index (κ2) is 5.89. The average Bonchev–Trinajstić information content (AvgIpc) is 2.98. The van der Waals surface area contributed by atoms with Gasteiger partial charge in [0.1, 0.15) is 11.3 Å². The van der Waals surface area contributed by atoms with E-state index < -0.39 is 0 Å². The Labute approximate surface area is 128 Å². The van der Waals surface area contributed by atoms with Crippen molar-refractivity contribution in [3.63, 3.8) is 0 Å². The highest BCUT2D eigenvalue weighted by Crippen LogP contribution is 2.30. The van der Waals surface area contributed by atoms with Gasteiger partial charge in [-0.15, -0.1) is 0 Å². The largest absolute Gasteiger partial charge is 0.496 e. The van der Waals surface area contributed by atoms with Crippen molar-refractivity contribution in [2.75, 3.05) is 13.7 Å². The van der Waals surface area contributed by atoms with E-state index in [0.717, 1.165) is 16.9 Å². The number of methoxy groups -OCH3 is 1. The second-order valence-electron chi connectivity index (χ2n) is 4.72. The molecule has 0 atom stereocenters. The Bertz CT molecular complexity index is 824. The summed E-state index contributed by atoms with van der Waals surface area (Å²) in [6, 6.07) is 11.6. The lowest BCUT2D eigenvalue weighted by molar-refractivity contribution is 0.0528. The van der Waals surface area contributed by atoms with Crippen molar-refractivity contribution >= 4 is 11.5 Å². The van der Waals surface area contributed by atoms with Gasteiger partial charge in [0, 0.05) is 11.8 Å². The van der Waals surface area contributed by atoms with Gasteiger partial charge in [-0.2, -0.15) is 5.10 Å². The number of para-hydroxylation sites is 1. The number of carbonyl (C=O) groups excluding carboxylic acids is 1. The summed E-state index contributed by atoms with van der Waals surface area (Å²) in [7, 11) is 1.64. The number of aromatic nitrogens is 2. The van der Waals surface area contributed by atoms with Gasteiger partial charge in [-0.05, 0) is 30.7 Å². The van der Waals surface area contributed by atoms with Crippen molar-refractivity contribution in [3.05, 3.63) is 54.4 Å². The molecule has 3 aromatic rings. The summed E-state index contributed by atoms with van der Waals surface area (Å²) in [5, 5.41) is 4.18. The van der Waals surface area contributed by atoms with Crippen LogP contribution < -0.4 is 4.74 Å². The van der Waals surface area contributed by atoms with Gasteiger partial charge in [-0.3, -0.25) is 0 Å². The first kappa shape index (κ1) is 14.1. The van der Waals surface area contributed by atoms with E-state index in [1.807, 2.05) is 42.6 Å². The van der Waals surface area contributed by atoms with Crippen LogP contribution in [0.1, 0.15) is 17.3 Å². The molecule has 0 saturated heterocycles. The van der Waals surface area contributed by atoms with E-state index in [-0.39, 0.29) is 5.97 Å². The molecular weight excluding hydrogens is 280 g/mol. The standard InChI is InChI=1S/C17H16N2O3/c1-3-22-17(20)14-11-18-19-9-8-12(10-15(14)19)13-6-4-5-7-16(13)21-2/h4-11H,3H2,1-2H3. The van der Waals surface area contributed by atoms with Gasteiger partial charge in [0.05, 0.1) is 25.4 Å². The third-order valence-electron chi connectivity index (χ3n) is 3.43. The first-order valence-corrected chi connectivity index (χ1v) is 7.02. The van der Waals surface area contributed by atoms with Crippen LogP contribution in [0.3, 0.4) is 0 Å². The Morgan fingerprint density at radius 2 is 2.09 bits per heavy atom. The van der Waals surface area contributed by atoms with Crippen LogP contribution >= 0.6 is 0 Å². The molecule has 112 valence electrons. The summed E-state index contributed by atoms with van der Waals surface area (Å²) in [5.74, 6) is 0.415. The summed E-state index contributed by atoms with van der Waals surface area (Å²) >= 11 is 0. The summed E-state index contributed by atoms with van der Waals surface area (Å²) in [5.41, 5.74) is 3.08. The molecule has 5 nitrogen and oxygen atoms in total. The number of benzene rings is 1. The molecule has 0 spiro atoms. The lowest BCUT2D eigenvalue weighted by Gasteiger charge is -2.09. The molecule has 22 heavy (non-hydrogen) atoms. The van der Waals surface area contributed by atoms with E-state index in [9.17, 15) is 4.79 Å². The number of rotatable bonds is 4. The summed E-state index contributed by atoms with van der Waals surface area (Å²) < 4.78 is 12.1. The SMILES string of the molecule is CCOC(=O)c1cnn2ccc(-c3ccccc3OC)cc12. The van der Waals surface area contributed by atoms with Gasteiger partial charge in [0.25, 0.3) is 0 Å². The monoisotopic (exact) mass is 296 g/mol. The summed E-state index contributed by atoms with van der Waals surface area (Å²) in [4.78, 5) is 12.0. The van der Waals surface area contributed by atoms with Crippen LogP contribution in [0.4, 0.5) is 0 Å². The first-order valence-electron chi connectivity index (χ1n) is 7.02. The van der Waals surface area contributed by atoms with Gasteiger partial charge >= 0.3 is 5.97 Å². The Morgan fingerprint density at radius 3 is 2.86 bits per heavy atom. The molecule has 2 aromatic heterocycles. The third kappa shape index (κ3) is 2.41. The number of hydrogen-bond acceptors (Lipinski definition) is 4. The quantitative estimate of drug-likeness (QED) is 0.694. The minimum absolute atomic E-state index is 0.336. The fourth-order valence-corrected chi connectivity index (χ4v) is 2.40. The van der Waals surface area contributed by atoms with Gasteiger partial charge < -0.3 is 9.47 Å². The van der Waals surface area contributed by atoms with E-state index in [1.54, 1.807) is 18.5 Å². The van der Waals surface area contributed by atoms with Crippen molar-refractivity contribution in [2.24, 2.45) is 0 Å². The molecular formula is C17H16N2O3.